The molecule has 2 aromatic carbocycles. The Morgan fingerprint density at radius 1 is 1.00 bits per heavy atom. The number of halogens is 6. The predicted molar refractivity (Wildman–Crippen MR) is 157 cm³/mol. The van der Waals surface area contributed by atoms with Crippen LogP contribution in [-0.2, 0) is 28.3 Å². The zero-order valence-corrected chi connectivity index (χ0v) is 25.1. The molecule has 0 unspecified atom stereocenters. The quantitative estimate of drug-likeness (QED) is 0.171. The number of carbonyl (C=O) groups is 1. The molecule has 1 N–H and O–H groups in total. The summed E-state index contributed by atoms with van der Waals surface area (Å²) in [6, 6.07) is 5.67. The minimum atomic E-state index is -5.00. The molecular formula is C28H26F6N6O3S2. The highest BCUT2D eigenvalue weighted by Gasteiger charge is 2.37. The van der Waals surface area contributed by atoms with E-state index in [9.17, 15) is 31.1 Å². The second-order valence-electron chi connectivity index (χ2n) is 10.1. The Labute approximate surface area is 262 Å². The SMILES string of the molecule is O=C1C(=Cc2cc(-c3cc(C(F)(F)F)cc(C(F)(F)F)c3)ccc2OCCN2CCOCC2)SC(=S)N1CCCc1nn[nH]n1. The molecule has 9 nitrogen and oxygen atoms in total. The number of thiocarbonyl (C=S) groups is 1. The number of H-pyrrole nitrogens is 1. The van der Waals surface area contributed by atoms with E-state index in [0.29, 0.717) is 66.2 Å². The number of nitrogens with one attached hydrogen (secondary N) is 1. The van der Waals surface area contributed by atoms with Crippen molar-refractivity contribution in [2.45, 2.75) is 25.2 Å². The maximum Gasteiger partial charge on any atom is 0.416 e. The van der Waals surface area contributed by atoms with Gasteiger partial charge in [-0.3, -0.25) is 14.6 Å². The second kappa shape index (κ2) is 13.8. The molecule has 3 heterocycles. The number of aromatic nitrogens is 4. The van der Waals surface area contributed by atoms with Gasteiger partial charge in [0.1, 0.15) is 16.7 Å². The van der Waals surface area contributed by atoms with Crippen LogP contribution in [0.25, 0.3) is 17.2 Å². The highest BCUT2D eigenvalue weighted by atomic mass is 32.2. The van der Waals surface area contributed by atoms with Crippen molar-refractivity contribution in [2.75, 3.05) is 46.0 Å². The Bertz CT molecular complexity index is 1530. The lowest BCUT2D eigenvalue weighted by Crippen LogP contribution is -2.38. The van der Waals surface area contributed by atoms with E-state index in [1.165, 1.54) is 29.2 Å². The maximum atomic E-state index is 13.6. The van der Waals surface area contributed by atoms with Crippen LogP contribution >= 0.6 is 24.0 Å². The summed E-state index contributed by atoms with van der Waals surface area (Å²) in [5.41, 5.74) is -2.77. The first-order chi connectivity index (χ1) is 21.4. The first-order valence-corrected chi connectivity index (χ1v) is 15.0. The monoisotopic (exact) mass is 672 g/mol. The Morgan fingerprint density at radius 2 is 1.71 bits per heavy atom. The van der Waals surface area contributed by atoms with Crippen molar-refractivity contribution in [3.63, 3.8) is 0 Å². The van der Waals surface area contributed by atoms with Gasteiger partial charge in [0.05, 0.1) is 29.2 Å². The van der Waals surface area contributed by atoms with Gasteiger partial charge in [0.15, 0.2) is 5.82 Å². The highest BCUT2D eigenvalue weighted by Crippen LogP contribution is 2.40. The molecule has 2 saturated heterocycles. The number of carbonyl (C=O) groups excluding carboxylic acids is 1. The van der Waals surface area contributed by atoms with E-state index < -0.39 is 23.5 Å². The molecule has 0 saturated carbocycles. The van der Waals surface area contributed by atoms with Crippen molar-refractivity contribution < 1.29 is 40.6 Å². The number of alkyl halides is 6. The van der Waals surface area contributed by atoms with E-state index in [1.807, 2.05) is 0 Å². The van der Waals surface area contributed by atoms with Gasteiger partial charge in [-0.15, -0.1) is 10.2 Å². The number of morpholine rings is 1. The number of amides is 1. The molecular weight excluding hydrogens is 646 g/mol. The number of hydrogen-bond donors (Lipinski definition) is 1. The summed E-state index contributed by atoms with van der Waals surface area (Å²) in [5, 5.41) is 13.6. The summed E-state index contributed by atoms with van der Waals surface area (Å²) < 4.78 is 93.1. The smallest absolute Gasteiger partial charge is 0.416 e. The van der Waals surface area contributed by atoms with Crippen LogP contribution < -0.4 is 4.74 Å². The van der Waals surface area contributed by atoms with Crippen LogP contribution in [0.4, 0.5) is 26.3 Å². The lowest BCUT2D eigenvalue weighted by atomic mass is 9.97. The van der Waals surface area contributed by atoms with Gasteiger partial charge < -0.3 is 9.47 Å². The van der Waals surface area contributed by atoms with Crippen LogP contribution in [-0.4, -0.2) is 86.7 Å². The van der Waals surface area contributed by atoms with E-state index in [-0.39, 0.29) is 41.2 Å². The minimum Gasteiger partial charge on any atom is -0.492 e. The molecule has 3 aromatic rings. The fraction of sp³-hybridized carbons (Fsp3) is 0.393. The molecule has 0 radical (unpaired) electrons. The van der Waals surface area contributed by atoms with Crippen LogP contribution in [0, 0.1) is 0 Å². The lowest BCUT2D eigenvalue weighted by Gasteiger charge is -2.26. The van der Waals surface area contributed by atoms with Gasteiger partial charge in [0.25, 0.3) is 5.91 Å². The number of benzene rings is 2. The standard InChI is InChI=1S/C28H26F6N6O3S2/c29-27(30,31)20-13-18(14-21(16-20)28(32,33)34)17-3-4-22(43-11-8-39-6-9-42-10-7-39)19(12-17)15-23-25(41)40(26(44)45-23)5-1-2-24-35-37-38-36-24/h3-4,12-16H,1-2,5-11H2,(H,35,36,37,38). The van der Waals surface area contributed by atoms with Crippen LogP contribution in [0.2, 0.25) is 0 Å². The first-order valence-electron chi connectivity index (χ1n) is 13.7. The van der Waals surface area contributed by atoms with E-state index >= 15 is 0 Å². The van der Waals surface area contributed by atoms with Crippen molar-refractivity contribution in [3.8, 4) is 16.9 Å². The summed E-state index contributed by atoms with van der Waals surface area (Å²) >= 11 is 6.45. The molecule has 2 fully saturated rings. The number of ether oxygens (including phenoxy) is 2. The second-order valence-corrected chi connectivity index (χ2v) is 11.8. The fourth-order valence-corrected chi connectivity index (χ4v) is 6.02. The maximum absolute atomic E-state index is 13.6. The molecule has 2 aliphatic heterocycles. The lowest BCUT2D eigenvalue weighted by molar-refractivity contribution is -0.143. The number of tetrazole rings is 1. The Balaban J connectivity index is 1.45. The highest BCUT2D eigenvalue weighted by molar-refractivity contribution is 8.26. The molecule has 1 amide bonds. The molecule has 45 heavy (non-hydrogen) atoms. The average molecular weight is 673 g/mol. The zero-order valence-electron chi connectivity index (χ0n) is 23.5. The van der Waals surface area contributed by atoms with E-state index in [0.717, 1.165) is 24.9 Å². The van der Waals surface area contributed by atoms with Gasteiger partial charge >= 0.3 is 12.4 Å². The first kappa shape index (κ1) is 32.8. The molecule has 17 heteroatoms. The summed E-state index contributed by atoms with van der Waals surface area (Å²) in [6.45, 7) is 3.73. The zero-order chi connectivity index (χ0) is 32.2. The number of aryl methyl sites for hydroxylation is 1. The molecule has 2 aliphatic rings. The number of rotatable bonds is 10. The predicted octanol–water partition coefficient (Wildman–Crippen LogP) is 5.45. The topological polar surface area (TPSA) is 96.5 Å². The molecule has 240 valence electrons. The number of aromatic amines is 1. The van der Waals surface area contributed by atoms with E-state index in [4.69, 9.17) is 21.7 Å². The summed E-state index contributed by atoms with van der Waals surface area (Å²) in [7, 11) is 0. The van der Waals surface area contributed by atoms with Crippen LogP contribution in [0.1, 0.15) is 28.9 Å². The fourth-order valence-electron chi connectivity index (χ4n) is 4.72. The van der Waals surface area contributed by atoms with Gasteiger partial charge in [0.2, 0.25) is 0 Å². The summed E-state index contributed by atoms with van der Waals surface area (Å²) in [6.07, 6.45) is -7.56. The van der Waals surface area contributed by atoms with Crippen LogP contribution in [0.5, 0.6) is 5.75 Å². The minimum absolute atomic E-state index is 0.0777. The van der Waals surface area contributed by atoms with Crippen LogP contribution in [0.15, 0.2) is 41.3 Å². The van der Waals surface area contributed by atoms with Crippen molar-refractivity contribution in [1.29, 1.82) is 0 Å². The van der Waals surface area contributed by atoms with Crippen molar-refractivity contribution >= 4 is 40.3 Å². The third kappa shape index (κ3) is 8.39. The van der Waals surface area contributed by atoms with Crippen molar-refractivity contribution in [3.05, 3.63) is 63.8 Å². The molecule has 0 bridgehead atoms. The number of hydrogen-bond acceptors (Lipinski definition) is 9. The number of nitrogens with zero attached hydrogens (tertiary/aromatic N) is 5. The Hall–Kier alpha value is -3.54. The van der Waals surface area contributed by atoms with Gasteiger partial charge in [-0.1, -0.05) is 35.3 Å². The van der Waals surface area contributed by atoms with Gasteiger partial charge in [-0.05, 0) is 54.0 Å². The Morgan fingerprint density at radius 3 is 2.36 bits per heavy atom. The third-order valence-corrected chi connectivity index (χ3v) is 8.41. The van der Waals surface area contributed by atoms with Crippen molar-refractivity contribution in [2.24, 2.45) is 0 Å². The normalized spacial score (nSPS) is 17.5. The molecule has 0 aliphatic carbocycles. The van der Waals surface area contributed by atoms with Gasteiger partial charge in [0, 0.05) is 38.2 Å². The van der Waals surface area contributed by atoms with Crippen LogP contribution in [0.3, 0.4) is 0 Å². The van der Waals surface area contributed by atoms with Gasteiger partial charge in [-0.2, -0.15) is 31.6 Å². The molecule has 5 rings (SSSR count). The summed E-state index contributed by atoms with van der Waals surface area (Å²) in [5.74, 6) is 0.397. The largest absolute Gasteiger partial charge is 0.492 e. The van der Waals surface area contributed by atoms with Crippen molar-refractivity contribution in [1.82, 2.24) is 30.4 Å². The van der Waals surface area contributed by atoms with E-state index in [2.05, 4.69) is 25.5 Å². The Kier molecular flexibility index (Phi) is 10.1. The van der Waals surface area contributed by atoms with Gasteiger partial charge in [-0.25, -0.2) is 0 Å². The molecule has 0 atom stereocenters. The average Bonchev–Trinajstić information content (AvgIpc) is 3.61. The van der Waals surface area contributed by atoms with E-state index in [1.54, 1.807) is 0 Å². The summed E-state index contributed by atoms with van der Waals surface area (Å²) in [4.78, 5) is 17.1. The molecule has 1 aromatic heterocycles. The third-order valence-electron chi connectivity index (χ3n) is 7.03. The number of thioether (sulfide) groups is 1. The molecule has 0 spiro atoms.